The fourth-order valence-electron chi connectivity index (χ4n) is 4.68. The van der Waals surface area contributed by atoms with Gasteiger partial charge in [0.2, 0.25) is 0 Å². The van der Waals surface area contributed by atoms with Gasteiger partial charge in [-0.15, -0.1) is 0 Å². The molecule has 3 atom stereocenters. The lowest BCUT2D eigenvalue weighted by molar-refractivity contribution is -0.00168. The number of hydrogen-bond donors (Lipinski definition) is 0. The highest BCUT2D eigenvalue weighted by atomic mass is 16.5. The fraction of sp³-hybridized carbons (Fsp3) is 0.409. The van der Waals surface area contributed by atoms with Gasteiger partial charge >= 0.3 is 5.97 Å². The van der Waals surface area contributed by atoms with E-state index < -0.39 is 0 Å². The second-order valence-corrected chi connectivity index (χ2v) is 7.48. The Kier molecular flexibility index (Phi) is 3.91. The van der Waals surface area contributed by atoms with E-state index in [0.717, 1.165) is 25.7 Å². The van der Waals surface area contributed by atoms with E-state index in [1.807, 2.05) is 30.3 Å². The Morgan fingerprint density at radius 1 is 1.04 bits per heavy atom. The molecule has 2 aromatic rings. The van der Waals surface area contributed by atoms with Crippen LogP contribution in [0.15, 0.2) is 54.6 Å². The molecule has 0 saturated heterocycles. The number of esters is 1. The van der Waals surface area contributed by atoms with Crippen LogP contribution in [0.4, 0.5) is 0 Å². The normalized spacial score (nSPS) is 28.5. The first-order valence-corrected chi connectivity index (χ1v) is 9.01. The van der Waals surface area contributed by atoms with Gasteiger partial charge in [-0.25, -0.2) is 4.79 Å². The van der Waals surface area contributed by atoms with Crippen molar-refractivity contribution in [3.63, 3.8) is 0 Å². The molecule has 2 aliphatic carbocycles. The topological polar surface area (TPSA) is 26.3 Å². The zero-order valence-corrected chi connectivity index (χ0v) is 14.2. The Hall–Kier alpha value is -2.09. The fourth-order valence-corrected chi connectivity index (χ4v) is 4.68. The van der Waals surface area contributed by atoms with E-state index in [1.54, 1.807) is 0 Å². The van der Waals surface area contributed by atoms with Crippen molar-refractivity contribution in [1.82, 2.24) is 0 Å². The SMILES string of the molecule is C[C@@]12CCC(OC(=O)c3ccccc3)CC1CCc1ccccc12. The maximum absolute atomic E-state index is 12.3. The van der Waals surface area contributed by atoms with Crippen molar-refractivity contribution in [1.29, 1.82) is 0 Å². The van der Waals surface area contributed by atoms with Gasteiger partial charge in [0.1, 0.15) is 6.10 Å². The first kappa shape index (κ1) is 15.4. The lowest BCUT2D eigenvalue weighted by Crippen LogP contribution is -2.44. The minimum Gasteiger partial charge on any atom is -0.459 e. The molecule has 0 N–H and O–H groups in total. The van der Waals surface area contributed by atoms with Gasteiger partial charge in [0.25, 0.3) is 0 Å². The lowest BCUT2D eigenvalue weighted by atomic mass is 9.58. The molecule has 2 unspecified atom stereocenters. The van der Waals surface area contributed by atoms with Crippen molar-refractivity contribution in [3.8, 4) is 0 Å². The van der Waals surface area contributed by atoms with E-state index >= 15 is 0 Å². The number of rotatable bonds is 2. The van der Waals surface area contributed by atoms with Crippen LogP contribution in [0.3, 0.4) is 0 Å². The molecule has 2 aromatic carbocycles. The molecule has 0 spiro atoms. The van der Waals surface area contributed by atoms with Gasteiger partial charge in [-0.05, 0) is 66.7 Å². The number of ether oxygens (including phenoxy) is 1. The summed E-state index contributed by atoms with van der Waals surface area (Å²) in [6.45, 7) is 2.41. The third kappa shape index (κ3) is 2.64. The highest BCUT2D eigenvalue weighted by Gasteiger charge is 2.45. The molecule has 0 aliphatic heterocycles. The molecule has 2 heteroatoms. The summed E-state index contributed by atoms with van der Waals surface area (Å²) in [6, 6.07) is 18.2. The maximum Gasteiger partial charge on any atom is 0.338 e. The largest absolute Gasteiger partial charge is 0.459 e. The predicted octanol–water partition coefficient (Wildman–Crippen LogP) is 4.92. The zero-order chi connectivity index (χ0) is 16.6. The molecule has 0 heterocycles. The Labute approximate surface area is 143 Å². The molecule has 1 fully saturated rings. The Morgan fingerprint density at radius 3 is 2.62 bits per heavy atom. The number of carbonyl (C=O) groups excluding carboxylic acids is 1. The number of fused-ring (bicyclic) bond motifs is 3. The molecule has 124 valence electrons. The van der Waals surface area contributed by atoms with Crippen LogP contribution in [0.25, 0.3) is 0 Å². The summed E-state index contributed by atoms with van der Waals surface area (Å²) in [5.74, 6) is 0.426. The van der Waals surface area contributed by atoms with Gasteiger partial charge in [0, 0.05) is 0 Å². The Morgan fingerprint density at radius 2 is 1.79 bits per heavy atom. The van der Waals surface area contributed by atoms with Crippen LogP contribution in [-0.2, 0) is 16.6 Å². The smallest absolute Gasteiger partial charge is 0.338 e. The molecular weight excluding hydrogens is 296 g/mol. The second kappa shape index (κ2) is 6.08. The molecule has 0 radical (unpaired) electrons. The van der Waals surface area contributed by atoms with Gasteiger partial charge < -0.3 is 4.74 Å². The van der Waals surface area contributed by atoms with Gasteiger partial charge in [0.15, 0.2) is 0 Å². The molecule has 0 amide bonds. The highest BCUT2D eigenvalue weighted by Crippen LogP contribution is 2.50. The number of hydrogen-bond acceptors (Lipinski definition) is 2. The van der Waals surface area contributed by atoms with Crippen molar-refractivity contribution in [3.05, 3.63) is 71.3 Å². The van der Waals surface area contributed by atoms with E-state index in [0.29, 0.717) is 11.5 Å². The van der Waals surface area contributed by atoms with E-state index in [9.17, 15) is 4.79 Å². The van der Waals surface area contributed by atoms with Crippen LogP contribution in [-0.4, -0.2) is 12.1 Å². The Bertz CT molecular complexity index is 737. The molecule has 1 saturated carbocycles. The summed E-state index contributed by atoms with van der Waals surface area (Å²) in [5.41, 5.74) is 3.93. The van der Waals surface area contributed by atoms with Crippen LogP contribution in [0.1, 0.15) is 54.1 Å². The van der Waals surface area contributed by atoms with Crippen molar-refractivity contribution in [2.75, 3.05) is 0 Å². The van der Waals surface area contributed by atoms with Crippen LogP contribution in [0.5, 0.6) is 0 Å². The quantitative estimate of drug-likeness (QED) is 0.734. The first-order chi connectivity index (χ1) is 11.7. The molecule has 4 rings (SSSR count). The number of carbonyl (C=O) groups is 1. The van der Waals surface area contributed by atoms with Crippen molar-refractivity contribution in [2.45, 2.75) is 50.5 Å². The molecule has 2 nitrogen and oxygen atoms in total. The van der Waals surface area contributed by atoms with Gasteiger partial charge in [-0.2, -0.15) is 0 Å². The van der Waals surface area contributed by atoms with Crippen molar-refractivity contribution >= 4 is 5.97 Å². The average Bonchev–Trinajstić information content (AvgIpc) is 2.63. The highest BCUT2D eigenvalue weighted by molar-refractivity contribution is 5.89. The zero-order valence-electron chi connectivity index (χ0n) is 14.2. The summed E-state index contributed by atoms with van der Waals surface area (Å²) in [7, 11) is 0. The van der Waals surface area contributed by atoms with E-state index in [4.69, 9.17) is 4.74 Å². The molecular formula is C22H24O2. The minimum atomic E-state index is -0.180. The van der Waals surface area contributed by atoms with Crippen LogP contribution in [0.2, 0.25) is 0 Å². The summed E-state index contributed by atoms with van der Waals surface area (Å²) < 4.78 is 5.82. The summed E-state index contributed by atoms with van der Waals surface area (Å²) in [6.07, 6.45) is 5.45. The summed E-state index contributed by atoms with van der Waals surface area (Å²) in [5, 5.41) is 0. The Balaban J connectivity index is 1.49. The van der Waals surface area contributed by atoms with Gasteiger partial charge in [-0.1, -0.05) is 49.4 Å². The molecule has 0 bridgehead atoms. The van der Waals surface area contributed by atoms with Crippen molar-refractivity contribution in [2.24, 2.45) is 5.92 Å². The molecule has 0 aromatic heterocycles. The van der Waals surface area contributed by atoms with E-state index in [2.05, 4.69) is 31.2 Å². The van der Waals surface area contributed by atoms with Crippen LogP contribution >= 0.6 is 0 Å². The van der Waals surface area contributed by atoms with Gasteiger partial charge in [0.05, 0.1) is 5.56 Å². The lowest BCUT2D eigenvalue weighted by Gasteiger charge is -2.48. The minimum absolute atomic E-state index is 0.0565. The van der Waals surface area contributed by atoms with Crippen LogP contribution in [0, 0.1) is 5.92 Å². The van der Waals surface area contributed by atoms with Crippen molar-refractivity contribution < 1.29 is 9.53 Å². The average molecular weight is 320 g/mol. The monoisotopic (exact) mass is 320 g/mol. The third-order valence-corrected chi connectivity index (χ3v) is 6.11. The van der Waals surface area contributed by atoms with Crippen LogP contribution < -0.4 is 0 Å². The van der Waals surface area contributed by atoms with E-state index in [-0.39, 0.29) is 17.5 Å². The maximum atomic E-state index is 12.3. The number of aryl methyl sites for hydroxylation is 1. The van der Waals surface area contributed by atoms with Gasteiger partial charge in [-0.3, -0.25) is 0 Å². The molecule has 2 aliphatic rings. The number of benzene rings is 2. The summed E-state index contributed by atoms with van der Waals surface area (Å²) >= 11 is 0. The predicted molar refractivity (Wildman–Crippen MR) is 95.1 cm³/mol. The standard InChI is InChI=1S/C22H24O2/c1-22-14-13-19(24-21(23)17-8-3-2-4-9-17)15-18(22)12-11-16-7-5-6-10-20(16)22/h2-10,18-19H,11-15H2,1H3/t18?,19?,22-/m1/s1. The molecule has 24 heavy (non-hydrogen) atoms. The first-order valence-electron chi connectivity index (χ1n) is 9.01. The third-order valence-electron chi connectivity index (χ3n) is 6.11. The second-order valence-electron chi connectivity index (χ2n) is 7.48. The van der Waals surface area contributed by atoms with E-state index in [1.165, 1.54) is 17.5 Å². The summed E-state index contributed by atoms with van der Waals surface area (Å²) in [4.78, 5) is 12.3.